The Morgan fingerprint density at radius 3 is 3.00 bits per heavy atom. The molecule has 18 heavy (non-hydrogen) atoms. The summed E-state index contributed by atoms with van der Waals surface area (Å²) in [6, 6.07) is 5.55. The van der Waals surface area contributed by atoms with Crippen LogP contribution in [0.4, 0.5) is 5.69 Å². The molecule has 1 aliphatic rings. The van der Waals surface area contributed by atoms with E-state index >= 15 is 0 Å². The Morgan fingerprint density at radius 2 is 2.33 bits per heavy atom. The summed E-state index contributed by atoms with van der Waals surface area (Å²) in [7, 11) is 1.36. The summed E-state index contributed by atoms with van der Waals surface area (Å²) in [5.41, 5.74) is 6.83. The lowest BCUT2D eigenvalue weighted by Gasteiger charge is -2.33. The monoisotopic (exact) mass is 250 g/mol. The van der Waals surface area contributed by atoms with Gasteiger partial charge in [-0.15, -0.1) is 0 Å². The van der Waals surface area contributed by atoms with Gasteiger partial charge in [-0.1, -0.05) is 6.07 Å². The molecule has 1 heterocycles. The number of fused-ring (bicyclic) bond motifs is 1. The van der Waals surface area contributed by atoms with Crippen LogP contribution in [0.25, 0.3) is 0 Å². The first-order chi connectivity index (χ1) is 8.67. The predicted molar refractivity (Wildman–Crippen MR) is 69.0 cm³/mol. The maximum absolute atomic E-state index is 11.7. The number of benzene rings is 1. The number of methoxy groups -OCH3 is 1. The molecule has 1 aliphatic heterocycles. The van der Waals surface area contributed by atoms with Crippen molar-refractivity contribution in [3.63, 3.8) is 0 Å². The van der Waals surface area contributed by atoms with Gasteiger partial charge in [-0.05, 0) is 32.0 Å². The lowest BCUT2D eigenvalue weighted by atomic mass is 10.0. The molecule has 0 aliphatic carbocycles. The van der Waals surface area contributed by atoms with Gasteiger partial charge in [-0.25, -0.2) is 4.79 Å². The van der Waals surface area contributed by atoms with Crippen molar-refractivity contribution in [3.05, 3.63) is 23.8 Å². The number of esters is 1. The fraction of sp³-hybridized carbons (Fsp3) is 0.462. The average molecular weight is 250 g/mol. The van der Waals surface area contributed by atoms with Crippen LogP contribution in [0.3, 0.4) is 0 Å². The third kappa shape index (κ3) is 2.26. The van der Waals surface area contributed by atoms with Crippen LogP contribution in [0.5, 0.6) is 5.75 Å². The molecule has 0 saturated heterocycles. The first-order valence-electron chi connectivity index (χ1n) is 6.02. The second-order valence-electron chi connectivity index (χ2n) is 4.34. The minimum atomic E-state index is -0.394. The van der Waals surface area contributed by atoms with Gasteiger partial charge >= 0.3 is 5.97 Å². The number of anilines is 1. The molecule has 2 rings (SSSR count). The second kappa shape index (κ2) is 5.27. The van der Waals surface area contributed by atoms with Gasteiger partial charge in [0.2, 0.25) is 0 Å². The fourth-order valence-corrected chi connectivity index (χ4v) is 2.11. The molecule has 98 valence electrons. The maximum atomic E-state index is 11.7. The first-order valence-corrected chi connectivity index (χ1v) is 6.02. The van der Waals surface area contributed by atoms with Gasteiger partial charge < -0.3 is 20.5 Å². The van der Waals surface area contributed by atoms with Crippen LogP contribution in [0.15, 0.2) is 18.2 Å². The van der Waals surface area contributed by atoms with E-state index in [9.17, 15) is 4.79 Å². The van der Waals surface area contributed by atoms with Gasteiger partial charge in [0.25, 0.3) is 0 Å². The SMILES string of the molecule is COC(=O)c1cccc2c1OC(CCN)C(C)N2. The number of rotatable bonds is 3. The Hall–Kier alpha value is -1.75. The predicted octanol–water partition coefficient (Wildman–Crippen LogP) is 1.38. The quantitative estimate of drug-likeness (QED) is 0.793. The lowest BCUT2D eigenvalue weighted by molar-refractivity contribution is 0.0590. The van der Waals surface area contributed by atoms with E-state index in [0.29, 0.717) is 17.9 Å². The van der Waals surface area contributed by atoms with Crippen molar-refractivity contribution in [1.29, 1.82) is 0 Å². The van der Waals surface area contributed by atoms with E-state index in [1.807, 2.05) is 13.0 Å². The number of carbonyl (C=O) groups is 1. The zero-order valence-corrected chi connectivity index (χ0v) is 10.6. The molecule has 0 amide bonds. The highest BCUT2D eigenvalue weighted by Gasteiger charge is 2.29. The Labute approximate surface area is 106 Å². The van der Waals surface area contributed by atoms with Gasteiger partial charge in [0.05, 0.1) is 18.8 Å². The second-order valence-corrected chi connectivity index (χ2v) is 4.34. The topological polar surface area (TPSA) is 73.6 Å². The Bertz CT molecular complexity index is 448. The summed E-state index contributed by atoms with van der Waals surface area (Å²) in [5, 5.41) is 3.33. The van der Waals surface area contributed by atoms with Crippen molar-refractivity contribution in [3.8, 4) is 5.75 Å². The summed E-state index contributed by atoms with van der Waals surface area (Å²) in [4.78, 5) is 11.7. The largest absolute Gasteiger partial charge is 0.485 e. The molecule has 0 saturated carbocycles. The molecule has 0 radical (unpaired) electrons. The van der Waals surface area contributed by atoms with Crippen molar-refractivity contribution >= 4 is 11.7 Å². The van der Waals surface area contributed by atoms with E-state index in [-0.39, 0.29) is 12.1 Å². The zero-order chi connectivity index (χ0) is 13.1. The highest BCUT2D eigenvalue weighted by atomic mass is 16.5. The molecule has 1 aromatic rings. The molecular weight excluding hydrogens is 232 g/mol. The standard InChI is InChI=1S/C13H18N2O3/c1-8-11(6-7-14)18-12-9(13(16)17-2)4-3-5-10(12)15-8/h3-5,8,11,15H,6-7,14H2,1-2H3. The highest BCUT2D eigenvalue weighted by molar-refractivity contribution is 5.95. The van der Waals surface area contributed by atoms with Crippen molar-refractivity contribution in [2.45, 2.75) is 25.5 Å². The Morgan fingerprint density at radius 1 is 1.56 bits per heavy atom. The van der Waals surface area contributed by atoms with E-state index in [0.717, 1.165) is 12.1 Å². The normalized spacial score (nSPS) is 21.5. The molecule has 0 bridgehead atoms. The molecule has 0 fully saturated rings. The van der Waals surface area contributed by atoms with Gasteiger partial charge in [0.1, 0.15) is 11.7 Å². The Balaban J connectivity index is 2.35. The van der Waals surface area contributed by atoms with Gasteiger partial charge in [-0.2, -0.15) is 0 Å². The maximum Gasteiger partial charge on any atom is 0.341 e. The van der Waals surface area contributed by atoms with Gasteiger partial charge in [0, 0.05) is 0 Å². The van der Waals surface area contributed by atoms with E-state index < -0.39 is 5.97 Å². The van der Waals surface area contributed by atoms with Crippen LogP contribution >= 0.6 is 0 Å². The zero-order valence-electron chi connectivity index (χ0n) is 10.6. The minimum Gasteiger partial charge on any atom is -0.485 e. The van der Waals surface area contributed by atoms with Crippen LogP contribution in [-0.4, -0.2) is 31.8 Å². The molecule has 5 heteroatoms. The smallest absolute Gasteiger partial charge is 0.341 e. The number of nitrogens with one attached hydrogen (secondary N) is 1. The fourth-order valence-electron chi connectivity index (χ4n) is 2.11. The number of nitrogens with two attached hydrogens (primary N) is 1. The van der Waals surface area contributed by atoms with Gasteiger partial charge in [0.15, 0.2) is 5.75 Å². The molecule has 5 nitrogen and oxygen atoms in total. The lowest BCUT2D eigenvalue weighted by Crippen LogP contribution is -2.41. The van der Waals surface area contributed by atoms with Gasteiger partial charge in [-0.3, -0.25) is 0 Å². The van der Waals surface area contributed by atoms with Crippen LogP contribution in [0.2, 0.25) is 0 Å². The first kappa shape index (κ1) is 12.7. The molecular formula is C13H18N2O3. The summed E-state index contributed by atoms with van der Waals surface area (Å²) < 4.78 is 10.6. The third-order valence-electron chi connectivity index (χ3n) is 3.08. The van der Waals surface area contributed by atoms with Crippen LogP contribution in [0.1, 0.15) is 23.7 Å². The van der Waals surface area contributed by atoms with Crippen molar-refractivity contribution in [1.82, 2.24) is 0 Å². The Kier molecular flexibility index (Phi) is 3.72. The van der Waals surface area contributed by atoms with E-state index in [4.69, 9.17) is 15.2 Å². The number of ether oxygens (including phenoxy) is 2. The van der Waals surface area contributed by atoms with E-state index in [2.05, 4.69) is 5.32 Å². The van der Waals surface area contributed by atoms with Crippen molar-refractivity contribution < 1.29 is 14.3 Å². The molecule has 0 spiro atoms. The summed E-state index contributed by atoms with van der Waals surface area (Å²) in [6.45, 7) is 2.58. The van der Waals surface area contributed by atoms with Crippen LogP contribution in [0, 0.1) is 0 Å². The molecule has 0 aromatic heterocycles. The molecule has 3 N–H and O–H groups in total. The molecule has 2 unspecified atom stereocenters. The average Bonchev–Trinajstić information content (AvgIpc) is 2.38. The van der Waals surface area contributed by atoms with E-state index in [1.165, 1.54) is 7.11 Å². The van der Waals surface area contributed by atoms with Crippen molar-refractivity contribution in [2.24, 2.45) is 5.73 Å². The summed E-state index contributed by atoms with van der Waals surface area (Å²) >= 11 is 0. The number of hydrogen-bond acceptors (Lipinski definition) is 5. The highest BCUT2D eigenvalue weighted by Crippen LogP contribution is 2.35. The van der Waals surface area contributed by atoms with Crippen LogP contribution in [-0.2, 0) is 4.74 Å². The van der Waals surface area contributed by atoms with Crippen molar-refractivity contribution in [2.75, 3.05) is 19.0 Å². The number of para-hydroxylation sites is 1. The number of carbonyl (C=O) groups excluding carboxylic acids is 1. The summed E-state index contributed by atoms with van der Waals surface area (Å²) in [5.74, 6) is 0.163. The number of hydrogen-bond donors (Lipinski definition) is 2. The molecule has 2 atom stereocenters. The third-order valence-corrected chi connectivity index (χ3v) is 3.08. The molecule has 1 aromatic carbocycles. The van der Waals surface area contributed by atoms with E-state index in [1.54, 1.807) is 12.1 Å². The minimum absolute atomic E-state index is 0.0340. The van der Waals surface area contributed by atoms with Crippen LogP contribution < -0.4 is 15.8 Å². The summed E-state index contributed by atoms with van der Waals surface area (Å²) in [6.07, 6.45) is 0.705.